The topological polar surface area (TPSA) is 55.1 Å². The Balaban J connectivity index is 2.94. The number of carbonyl (C=O) groups is 1. The van der Waals surface area contributed by atoms with E-state index in [1.54, 1.807) is 6.07 Å². The number of hydrogen-bond acceptors (Lipinski definition) is 2. The van der Waals surface area contributed by atoms with Crippen molar-refractivity contribution in [3.8, 4) is 0 Å². The lowest BCUT2D eigenvalue weighted by atomic mass is 9.88. The molecule has 1 aromatic carbocycles. The molecule has 1 amide bonds. The summed E-state index contributed by atoms with van der Waals surface area (Å²) in [5.74, 6) is 0.119. The number of aryl methyl sites for hydroxylation is 1. The van der Waals surface area contributed by atoms with Gasteiger partial charge in [-0.25, -0.2) is 0 Å². The van der Waals surface area contributed by atoms with Crippen LogP contribution < -0.4 is 11.1 Å². The maximum Gasteiger partial charge on any atom is 0.251 e. The van der Waals surface area contributed by atoms with Crippen molar-refractivity contribution in [3.05, 3.63) is 34.3 Å². The molecule has 0 aromatic heterocycles. The Morgan fingerprint density at radius 2 is 2.06 bits per heavy atom. The zero-order chi connectivity index (χ0) is 13.9. The van der Waals surface area contributed by atoms with Gasteiger partial charge in [0, 0.05) is 17.1 Å². The molecule has 0 aliphatic carbocycles. The molecule has 18 heavy (non-hydrogen) atoms. The molecule has 0 saturated heterocycles. The standard InChI is InChI=1S/C14H21ClN2O/c1-9(2)14(4,8-16)17-13(18)11-5-10(3)6-12(15)7-11/h5-7,9H,8,16H2,1-4H3,(H,17,18). The molecule has 1 atom stereocenters. The molecule has 0 heterocycles. The number of amides is 1. The summed E-state index contributed by atoms with van der Waals surface area (Å²) < 4.78 is 0. The first-order valence-electron chi connectivity index (χ1n) is 6.08. The number of rotatable bonds is 4. The fourth-order valence-corrected chi connectivity index (χ4v) is 1.92. The molecule has 0 saturated carbocycles. The van der Waals surface area contributed by atoms with E-state index in [2.05, 4.69) is 5.32 Å². The van der Waals surface area contributed by atoms with Crippen LogP contribution in [-0.4, -0.2) is 18.0 Å². The van der Waals surface area contributed by atoms with Crippen LogP contribution in [0.3, 0.4) is 0 Å². The monoisotopic (exact) mass is 268 g/mol. The summed E-state index contributed by atoms with van der Waals surface area (Å²) in [6, 6.07) is 5.31. The average Bonchev–Trinajstić information content (AvgIpc) is 2.27. The summed E-state index contributed by atoms with van der Waals surface area (Å²) in [4.78, 5) is 12.2. The molecule has 0 aliphatic rings. The van der Waals surface area contributed by atoms with E-state index in [9.17, 15) is 4.79 Å². The number of benzene rings is 1. The normalized spacial score (nSPS) is 14.4. The summed E-state index contributed by atoms with van der Waals surface area (Å²) in [6.07, 6.45) is 0. The third kappa shape index (κ3) is 3.47. The largest absolute Gasteiger partial charge is 0.345 e. The molecular weight excluding hydrogens is 248 g/mol. The van der Waals surface area contributed by atoms with Gasteiger partial charge in [0.15, 0.2) is 0 Å². The number of carbonyl (C=O) groups excluding carboxylic acids is 1. The highest BCUT2D eigenvalue weighted by molar-refractivity contribution is 6.31. The van der Waals surface area contributed by atoms with Crippen LogP contribution >= 0.6 is 11.6 Å². The van der Waals surface area contributed by atoms with Crippen molar-refractivity contribution >= 4 is 17.5 Å². The zero-order valence-electron chi connectivity index (χ0n) is 11.4. The van der Waals surface area contributed by atoms with Crippen LogP contribution in [0, 0.1) is 12.8 Å². The zero-order valence-corrected chi connectivity index (χ0v) is 12.1. The Morgan fingerprint density at radius 3 is 2.50 bits per heavy atom. The number of nitrogens with one attached hydrogen (secondary N) is 1. The molecule has 0 radical (unpaired) electrons. The Bertz CT molecular complexity index is 425. The van der Waals surface area contributed by atoms with E-state index < -0.39 is 5.54 Å². The van der Waals surface area contributed by atoms with Crippen molar-refractivity contribution in [3.63, 3.8) is 0 Å². The quantitative estimate of drug-likeness (QED) is 0.882. The maximum absolute atomic E-state index is 12.2. The Labute approximate surface area is 114 Å². The second kappa shape index (κ2) is 5.72. The van der Waals surface area contributed by atoms with Gasteiger partial charge in [-0.3, -0.25) is 4.79 Å². The van der Waals surface area contributed by atoms with Gasteiger partial charge in [-0.15, -0.1) is 0 Å². The average molecular weight is 269 g/mol. The van der Waals surface area contributed by atoms with E-state index in [0.29, 0.717) is 17.1 Å². The Kier molecular flexibility index (Phi) is 4.77. The number of hydrogen-bond donors (Lipinski definition) is 2. The number of nitrogens with two attached hydrogens (primary N) is 1. The van der Waals surface area contributed by atoms with E-state index in [1.807, 2.05) is 39.8 Å². The summed E-state index contributed by atoms with van der Waals surface area (Å²) >= 11 is 5.96. The Hall–Kier alpha value is -1.06. The van der Waals surface area contributed by atoms with Crippen LogP contribution in [0.2, 0.25) is 5.02 Å². The van der Waals surface area contributed by atoms with Crippen molar-refractivity contribution in [1.29, 1.82) is 0 Å². The van der Waals surface area contributed by atoms with Gasteiger partial charge in [0.25, 0.3) is 5.91 Å². The summed E-state index contributed by atoms with van der Waals surface area (Å²) in [6.45, 7) is 8.34. The molecule has 3 nitrogen and oxygen atoms in total. The maximum atomic E-state index is 12.2. The van der Waals surface area contributed by atoms with Crippen molar-refractivity contribution in [2.75, 3.05) is 6.54 Å². The fraction of sp³-hybridized carbons (Fsp3) is 0.500. The van der Waals surface area contributed by atoms with Crippen LogP contribution in [-0.2, 0) is 0 Å². The van der Waals surface area contributed by atoms with Crippen molar-refractivity contribution in [1.82, 2.24) is 5.32 Å². The minimum Gasteiger partial charge on any atom is -0.345 e. The lowest BCUT2D eigenvalue weighted by Gasteiger charge is -2.33. The van der Waals surface area contributed by atoms with Gasteiger partial charge in [-0.05, 0) is 43.5 Å². The van der Waals surface area contributed by atoms with Gasteiger partial charge >= 0.3 is 0 Å². The van der Waals surface area contributed by atoms with E-state index in [-0.39, 0.29) is 11.8 Å². The molecule has 100 valence electrons. The first-order chi connectivity index (χ1) is 8.28. The molecule has 0 aliphatic heterocycles. The molecular formula is C14H21ClN2O. The van der Waals surface area contributed by atoms with E-state index in [4.69, 9.17) is 17.3 Å². The first kappa shape index (κ1) is 15.0. The van der Waals surface area contributed by atoms with Gasteiger partial charge < -0.3 is 11.1 Å². The second-order valence-electron chi connectivity index (χ2n) is 5.25. The smallest absolute Gasteiger partial charge is 0.251 e. The molecule has 0 spiro atoms. The summed E-state index contributed by atoms with van der Waals surface area (Å²) in [7, 11) is 0. The number of halogens is 1. The van der Waals surface area contributed by atoms with Crippen molar-refractivity contribution < 1.29 is 4.79 Å². The highest BCUT2D eigenvalue weighted by Crippen LogP contribution is 2.18. The van der Waals surface area contributed by atoms with Crippen LogP contribution in [0.1, 0.15) is 36.7 Å². The second-order valence-corrected chi connectivity index (χ2v) is 5.68. The van der Waals surface area contributed by atoms with Gasteiger partial charge in [0.2, 0.25) is 0 Å². The van der Waals surface area contributed by atoms with Crippen LogP contribution in [0.5, 0.6) is 0 Å². The first-order valence-corrected chi connectivity index (χ1v) is 6.46. The summed E-state index contributed by atoms with van der Waals surface area (Å²) in [5.41, 5.74) is 6.88. The van der Waals surface area contributed by atoms with Gasteiger partial charge in [-0.1, -0.05) is 25.4 Å². The van der Waals surface area contributed by atoms with Crippen molar-refractivity contribution in [2.24, 2.45) is 11.7 Å². The minimum atomic E-state index is -0.409. The molecule has 0 bridgehead atoms. The highest BCUT2D eigenvalue weighted by Gasteiger charge is 2.28. The predicted octanol–water partition coefficient (Wildman–Crippen LogP) is 2.75. The molecule has 1 aromatic rings. The molecule has 1 unspecified atom stereocenters. The lowest BCUT2D eigenvalue weighted by Crippen LogP contribution is -2.55. The Morgan fingerprint density at radius 1 is 1.44 bits per heavy atom. The van der Waals surface area contributed by atoms with E-state index in [1.165, 1.54) is 0 Å². The third-order valence-electron chi connectivity index (χ3n) is 3.40. The molecule has 3 N–H and O–H groups in total. The fourth-order valence-electron chi connectivity index (χ4n) is 1.63. The summed E-state index contributed by atoms with van der Waals surface area (Å²) in [5, 5.41) is 3.56. The molecule has 1 rings (SSSR count). The van der Waals surface area contributed by atoms with Crippen LogP contribution in [0.15, 0.2) is 18.2 Å². The molecule has 4 heteroatoms. The van der Waals surface area contributed by atoms with E-state index >= 15 is 0 Å². The molecule has 0 fully saturated rings. The predicted molar refractivity (Wildman–Crippen MR) is 76.0 cm³/mol. The van der Waals surface area contributed by atoms with Gasteiger partial charge in [0.1, 0.15) is 0 Å². The van der Waals surface area contributed by atoms with Crippen molar-refractivity contribution in [2.45, 2.75) is 33.2 Å². The SMILES string of the molecule is Cc1cc(Cl)cc(C(=O)NC(C)(CN)C(C)C)c1. The van der Waals surface area contributed by atoms with Crippen LogP contribution in [0.4, 0.5) is 0 Å². The van der Waals surface area contributed by atoms with Gasteiger partial charge in [-0.2, -0.15) is 0 Å². The minimum absolute atomic E-state index is 0.137. The third-order valence-corrected chi connectivity index (χ3v) is 3.62. The van der Waals surface area contributed by atoms with Gasteiger partial charge in [0.05, 0.1) is 5.54 Å². The highest BCUT2D eigenvalue weighted by atomic mass is 35.5. The van der Waals surface area contributed by atoms with E-state index in [0.717, 1.165) is 5.56 Å². The lowest BCUT2D eigenvalue weighted by molar-refractivity contribution is 0.0883. The van der Waals surface area contributed by atoms with Crippen LogP contribution in [0.25, 0.3) is 0 Å².